The average molecular weight is 191 g/mol. The third kappa shape index (κ3) is 2.46. The van der Waals surface area contributed by atoms with Gasteiger partial charge >= 0.3 is 0 Å². The van der Waals surface area contributed by atoms with Crippen LogP contribution in [0.2, 0.25) is 0 Å². The number of allylic oxidation sites excluding steroid dienone is 5. The smallest absolute Gasteiger partial charge is 0.210 e. The lowest BCUT2D eigenvalue weighted by molar-refractivity contribution is -0.111. The molecule has 2 nitrogen and oxygen atoms in total. The second kappa shape index (κ2) is 5.97. The van der Waals surface area contributed by atoms with Gasteiger partial charge in [0.25, 0.3) is 0 Å². The van der Waals surface area contributed by atoms with Gasteiger partial charge in [-0.3, -0.25) is 4.79 Å². The van der Waals surface area contributed by atoms with Gasteiger partial charge in [0.1, 0.15) is 0 Å². The molecule has 14 heavy (non-hydrogen) atoms. The van der Waals surface area contributed by atoms with Crippen molar-refractivity contribution in [3.63, 3.8) is 0 Å². The van der Waals surface area contributed by atoms with E-state index in [0.717, 1.165) is 5.70 Å². The summed E-state index contributed by atoms with van der Waals surface area (Å²) in [7, 11) is 0. The van der Waals surface area contributed by atoms with Crippen LogP contribution in [0, 0.1) is 0 Å². The molecule has 0 spiro atoms. The Bertz CT molecular complexity index is 308. The van der Waals surface area contributed by atoms with Gasteiger partial charge in [0.15, 0.2) is 0 Å². The largest absolute Gasteiger partial charge is 0.352 e. The highest BCUT2D eigenvalue weighted by atomic mass is 16.1. The summed E-state index contributed by atoms with van der Waals surface area (Å²) < 4.78 is 0. The highest BCUT2D eigenvalue weighted by Gasteiger charge is 2.24. The number of ketones is 1. The van der Waals surface area contributed by atoms with Crippen LogP contribution in [0.3, 0.4) is 0 Å². The molecule has 0 aliphatic carbocycles. The molecule has 1 N–H and O–H groups in total. The monoisotopic (exact) mass is 191 g/mol. The van der Waals surface area contributed by atoms with Crippen LogP contribution < -0.4 is 5.32 Å². The molecule has 1 fully saturated rings. The van der Waals surface area contributed by atoms with Crippen LogP contribution in [0.25, 0.3) is 0 Å². The lowest BCUT2D eigenvalue weighted by Gasteiger charge is -1.94. The molecule has 0 aromatic carbocycles. The van der Waals surface area contributed by atoms with Crippen LogP contribution in [-0.2, 0) is 4.79 Å². The quantitative estimate of drug-likeness (QED) is 0.646. The highest BCUT2D eigenvalue weighted by Crippen LogP contribution is 2.20. The molecule has 1 aliphatic rings. The van der Waals surface area contributed by atoms with E-state index in [1.807, 2.05) is 26.8 Å². The third-order valence-corrected chi connectivity index (χ3v) is 1.67. The molecular weight excluding hydrogens is 174 g/mol. The molecule has 0 aromatic rings. The van der Waals surface area contributed by atoms with Crippen molar-refractivity contribution in [1.82, 2.24) is 5.32 Å². The number of rotatable bonds is 1. The molecule has 2 heteroatoms. The fourth-order valence-corrected chi connectivity index (χ4v) is 1.08. The van der Waals surface area contributed by atoms with Crippen LogP contribution in [0.4, 0.5) is 0 Å². The minimum absolute atomic E-state index is 0.0528. The number of hydrogen-bond acceptors (Lipinski definition) is 2. The zero-order chi connectivity index (χ0) is 11.1. The lowest BCUT2D eigenvalue weighted by atomic mass is 10.1. The number of hydrogen-bond donors (Lipinski definition) is 1. The summed E-state index contributed by atoms with van der Waals surface area (Å²) in [5.74, 6) is -0.0528. The predicted octanol–water partition coefficient (Wildman–Crippen LogP) is 2.71. The molecule has 0 atom stereocenters. The Hall–Kier alpha value is -1.57. The van der Waals surface area contributed by atoms with E-state index in [0.29, 0.717) is 11.3 Å². The number of nitrogens with one attached hydrogen (secondary N) is 1. The van der Waals surface area contributed by atoms with Crippen molar-refractivity contribution >= 4 is 5.78 Å². The van der Waals surface area contributed by atoms with E-state index in [1.54, 1.807) is 12.2 Å². The van der Waals surface area contributed by atoms with E-state index in [4.69, 9.17) is 0 Å². The van der Waals surface area contributed by atoms with Crippen molar-refractivity contribution in [2.24, 2.45) is 0 Å². The van der Waals surface area contributed by atoms with Gasteiger partial charge in [0, 0.05) is 11.3 Å². The summed E-state index contributed by atoms with van der Waals surface area (Å²) in [6.45, 7) is 13.0. The molecule has 0 radical (unpaired) electrons. The Morgan fingerprint density at radius 2 is 1.93 bits per heavy atom. The van der Waals surface area contributed by atoms with Crippen molar-refractivity contribution in [3.8, 4) is 0 Å². The standard InChI is InChI=1S/C10H11NO.C2H6/c1-4-6-8-9(5-2)11-7(3)10(8)12;1-2/h4-6,11H,1,3H2,2H3;1-2H3/b8-6+,9-5+;. The Balaban J connectivity index is 0.000000791. The second-order valence-corrected chi connectivity index (χ2v) is 2.45. The van der Waals surface area contributed by atoms with E-state index in [2.05, 4.69) is 18.5 Å². The lowest BCUT2D eigenvalue weighted by Crippen LogP contribution is -2.02. The fourth-order valence-electron chi connectivity index (χ4n) is 1.08. The maximum Gasteiger partial charge on any atom is 0.210 e. The molecule has 1 aliphatic heterocycles. The maximum atomic E-state index is 11.3. The van der Waals surface area contributed by atoms with Crippen molar-refractivity contribution in [2.75, 3.05) is 0 Å². The summed E-state index contributed by atoms with van der Waals surface area (Å²) in [5, 5.41) is 2.89. The third-order valence-electron chi connectivity index (χ3n) is 1.67. The van der Waals surface area contributed by atoms with Crippen LogP contribution >= 0.6 is 0 Å². The summed E-state index contributed by atoms with van der Waals surface area (Å²) >= 11 is 0. The van der Waals surface area contributed by atoms with Gasteiger partial charge in [0.2, 0.25) is 5.78 Å². The first-order chi connectivity index (χ1) is 6.70. The summed E-state index contributed by atoms with van der Waals surface area (Å²) in [6, 6.07) is 0. The zero-order valence-electron chi connectivity index (χ0n) is 9.05. The topological polar surface area (TPSA) is 29.1 Å². The van der Waals surface area contributed by atoms with Gasteiger partial charge in [-0.05, 0) is 13.0 Å². The Labute approximate surface area is 85.7 Å². The van der Waals surface area contributed by atoms with Gasteiger partial charge in [-0.1, -0.05) is 39.2 Å². The van der Waals surface area contributed by atoms with Gasteiger partial charge in [0.05, 0.1) is 5.70 Å². The number of carbonyl (C=O) groups excluding carboxylic acids is 1. The van der Waals surface area contributed by atoms with E-state index in [9.17, 15) is 4.79 Å². The normalized spacial score (nSPS) is 20.5. The summed E-state index contributed by atoms with van der Waals surface area (Å²) in [5.41, 5.74) is 1.87. The highest BCUT2D eigenvalue weighted by molar-refractivity contribution is 6.14. The van der Waals surface area contributed by atoms with Crippen LogP contribution in [-0.4, -0.2) is 5.78 Å². The summed E-state index contributed by atoms with van der Waals surface area (Å²) in [4.78, 5) is 11.3. The minimum atomic E-state index is -0.0528. The van der Waals surface area contributed by atoms with E-state index in [-0.39, 0.29) is 5.78 Å². The molecule has 0 amide bonds. The average Bonchev–Trinajstić information content (AvgIpc) is 2.49. The van der Waals surface area contributed by atoms with Gasteiger partial charge in [-0.2, -0.15) is 0 Å². The van der Waals surface area contributed by atoms with E-state index >= 15 is 0 Å². The first-order valence-corrected chi connectivity index (χ1v) is 4.70. The van der Waals surface area contributed by atoms with Crippen molar-refractivity contribution < 1.29 is 4.79 Å². The van der Waals surface area contributed by atoms with E-state index in [1.165, 1.54) is 0 Å². The van der Waals surface area contributed by atoms with Crippen molar-refractivity contribution in [3.05, 3.63) is 48.4 Å². The Morgan fingerprint density at radius 1 is 1.36 bits per heavy atom. The fraction of sp³-hybridized carbons (Fsp3) is 0.250. The number of carbonyl (C=O) groups is 1. The van der Waals surface area contributed by atoms with Crippen molar-refractivity contribution in [2.45, 2.75) is 20.8 Å². The maximum absolute atomic E-state index is 11.3. The Morgan fingerprint density at radius 3 is 2.36 bits per heavy atom. The molecule has 1 rings (SSSR count). The zero-order valence-corrected chi connectivity index (χ0v) is 9.05. The number of Topliss-reactive ketones (excluding diaryl/α,β-unsaturated/α-hetero) is 1. The molecule has 1 saturated heterocycles. The van der Waals surface area contributed by atoms with Crippen molar-refractivity contribution in [1.29, 1.82) is 0 Å². The summed E-state index contributed by atoms with van der Waals surface area (Å²) in [6.07, 6.45) is 5.12. The van der Waals surface area contributed by atoms with Crippen LogP contribution in [0.1, 0.15) is 20.8 Å². The minimum Gasteiger partial charge on any atom is -0.352 e. The molecule has 76 valence electrons. The molecule has 0 bridgehead atoms. The molecule has 0 unspecified atom stereocenters. The second-order valence-electron chi connectivity index (χ2n) is 2.45. The van der Waals surface area contributed by atoms with Gasteiger partial charge < -0.3 is 5.32 Å². The predicted molar refractivity (Wildman–Crippen MR) is 60.7 cm³/mol. The first kappa shape index (κ1) is 12.4. The molecular formula is C12H17NO. The molecule has 0 aromatic heterocycles. The molecule has 0 saturated carbocycles. The van der Waals surface area contributed by atoms with Gasteiger partial charge in [-0.15, -0.1) is 0 Å². The van der Waals surface area contributed by atoms with Crippen LogP contribution in [0.15, 0.2) is 48.4 Å². The SMILES string of the molecule is C=C/C=C1/C(=O)C(=C)N/C1=C/C.CC. The van der Waals surface area contributed by atoms with E-state index < -0.39 is 0 Å². The van der Waals surface area contributed by atoms with Crippen LogP contribution in [0.5, 0.6) is 0 Å². The molecule has 1 heterocycles. The Kier molecular flexibility index (Phi) is 5.30. The van der Waals surface area contributed by atoms with Gasteiger partial charge in [-0.25, -0.2) is 0 Å². The first-order valence-electron chi connectivity index (χ1n) is 4.70.